The highest BCUT2D eigenvalue weighted by molar-refractivity contribution is 5.61. The number of hydrogen-bond donors (Lipinski definition) is 2. The van der Waals surface area contributed by atoms with Crippen LogP contribution in [0, 0.1) is 5.82 Å². The number of methoxy groups -OCH3 is 1. The molecular weight excluding hydrogens is 249 g/mol. The van der Waals surface area contributed by atoms with E-state index in [1.807, 2.05) is 0 Å². The van der Waals surface area contributed by atoms with E-state index in [-0.39, 0.29) is 23.8 Å². The van der Waals surface area contributed by atoms with Gasteiger partial charge in [0.25, 0.3) is 0 Å². The van der Waals surface area contributed by atoms with Crippen molar-refractivity contribution in [1.82, 2.24) is 0 Å². The number of ether oxygens (including phenoxy) is 2. The second-order valence-corrected chi connectivity index (χ2v) is 3.95. The summed E-state index contributed by atoms with van der Waals surface area (Å²) < 4.78 is 23.7. The van der Waals surface area contributed by atoms with Crippen LogP contribution in [0.4, 0.5) is 10.1 Å². The van der Waals surface area contributed by atoms with Crippen molar-refractivity contribution in [3.63, 3.8) is 0 Å². The minimum absolute atomic E-state index is 0.0431. The maximum atomic E-state index is 13.5. The monoisotopic (exact) mass is 263 g/mol. The van der Waals surface area contributed by atoms with Crippen LogP contribution in [0.3, 0.4) is 0 Å². The summed E-state index contributed by atoms with van der Waals surface area (Å²) in [7, 11) is 1.40. The third kappa shape index (κ3) is 2.88. The first-order chi connectivity index (χ1) is 9.11. The fraction of sp³-hybridized carbons (Fsp3) is 0.143. The molecule has 19 heavy (non-hydrogen) atoms. The highest BCUT2D eigenvalue weighted by Gasteiger charge is 2.07. The number of para-hydroxylation sites is 1. The average Bonchev–Trinajstić information content (AvgIpc) is 2.40. The molecular formula is C14H14FNO3. The number of phenolic OH excluding ortho intramolecular Hbond substituents is 1. The Morgan fingerprint density at radius 1 is 1.21 bits per heavy atom. The summed E-state index contributed by atoms with van der Waals surface area (Å²) in [6.45, 7) is 0.147. The summed E-state index contributed by atoms with van der Waals surface area (Å²) in [5, 5.41) is 9.43. The van der Waals surface area contributed by atoms with Gasteiger partial charge in [0.1, 0.15) is 23.8 Å². The van der Waals surface area contributed by atoms with E-state index in [1.54, 1.807) is 18.2 Å². The summed E-state index contributed by atoms with van der Waals surface area (Å²) in [5.41, 5.74) is 6.46. The molecule has 4 nitrogen and oxygen atoms in total. The number of hydrogen-bond acceptors (Lipinski definition) is 4. The summed E-state index contributed by atoms with van der Waals surface area (Å²) in [5.74, 6) is 0.0442. The van der Waals surface area contributed by atoms with Gasteiger partial charge in [0, 0.05) is 0 Å². The fourth-order valence-corrected chi connectivity index (χ4v) is 1.62. The Morgan fingerprint density at radius 2 is 2.00 bits per heavy atom. The van der Waals surface area contributed by atoms with E-state index in [2.05, 4.69) is 0 Å². The molecule has 0 bridgehead atoms. The minimum atomic E-state index is -0.451. The van der Waals surface area contributed by atoms with Crippen molar-refractivity contribution in [2.45, 2.75) is 6.61 Å². The average molecular weight is 263 g/mol. The van der Waals surface area contributed by atoms with E-state index in [0.29, 0.717) is 11.3 Å². The van der Waals surface area contributed by atoms with Gasteiger partial charge in [-0.05, 0) is 29.8 Å². The van der Waals surface area contributed by atoms with E-state index < -0.39 is 5.82 Å². The lowest BCUT2D eigenvalue weighted by Crippen LogP contribution is -2.00. The van der Waals surface area contributed by atoms with Crippen molar-refractivity contribution < 1.29 is 19.0 Å². The number of anilines is 1. The number of benzene rings is 2. The highest BCUT2D eigenvalue weighted by atomic mass is 19.1. The molecule has 0 atom stereocenters. The molecule has 0 aliphatic heterocycles. The molecule has 2 rings (SSSR count). The Balaban J connectivity index is 2.10. The second-order valence-electron chi connectivity index (χ2n) is 3.95. The van der Waals surface area contributed by atoms with Crippen LogP contribution in [0.25, 0.3) is 0 Å². The molecule has 0 fully saturated rings. The quantitative estimate of drug-likeness (QED) is 0.657. The number of aromatic hydroxyl groups is 1. The second kappa shape index (κ2) is 5.48. The molecule has 0 amide bonds. The standard InChI is InChI=1S/C14H14FNO3/c1-18-12-6-5-9(7-10(12)15)8-19-13-4-2-3-11(17)14(13)16/h2-7,17H,8,16H2,1H3. The van der Waals surface area contributed by atoms with Gasteiger partial charge >= 0.3 is 0 Å². The molecule has 5 heteroatoms. The number of nitrogen functional groups attached to an aromatic ring is 1. The first-order valence-electron chi connectivity index (χ1n) is 5.64. The van der Waals surface area contributed by atoms with Crippen molar-refractivity contribution in [1.29, 1.82) is 0 Å². The summed E-state index contributed by atoms with van der Waals surface area (Å²) >= 11 is 0. The molecule has 0 saturated carbocycles. The van der Waals surface area contributed by atoms with Crippen molar-refractivity contribution in [2.24, 2.45) is 0 Å². The fourth-order valence-electron chi connectivity index (χ4n) is 1.62. The molecule has 2 aromatic carbocycles. The molecule has 0 unspecified atom stereocenters. The molecule has 2 aromatic rings. The van der Waals surface area contributed by atoms with Gasteiger partial charge in [0.2, 0.25) is 0 Å². The van der Waals surface area contributed by atoms with Gasteiger partial charge in [-0.3, -0.25) is 0 Å². The predicted molar refractivity (Wildman–Crippen MR) is 69.8 cm³/mol. The third-order valence-corrected chi connectivity index (χ3v) is 2.65. The molecule has 100 valence electrons. The summed E-state index contributed by atoms with van der Waals surface area (Å²) in [6.07, 6.45) is 0. The number of phenols is 1. The van der Waals surface area contributed by atoms with Crippen molar-refractivity contribution in [3.8, 4) is 17.2 Å². The SMILES string of the molecule is COc1ccc(COc2cccc(O)c2N)cc1F. The van der Waals surface area contributed by atoms with E-state index in [4.69, 9.17) is 15.2 Å². The van der Waals surface area contributed by atoms with Crippen LogP contribution in [-0.4, -0.2) is 12.2 Å². The molecule has 0 heterocycles. The lowest BCUT2D eigenvalue weighted by molar-refractivity contribution is 0.305. The molecule has 0 aromatic heterocycles. The molecule has 0 aliphatic rings. The summed E-state index contributed by atoms with van der Waals surface area (Å²) in [4.78, 5) is 0. The summed E-state index contributed by atoms with van der Waals surface area (Å²) in [6, 6.07) is 9.28. The van der Waals surface area contributed by atoms with Crippen LogP contribution in [0.5, 0.6) is 17.2 Å². The van der Waals surface area contributed by atoms with Crippen molar-refractivity contribution >= 4 is 5.69 Å². The van der Waals surface area contributed by atoms with Crippen LogP contribution >= 0.6 is 0 Å². The van der Waals surface area contributed by atoms with Crippen LogP contribution < -0.4 is 15.2 Å². The van der Waals surface area contributed by atoms with E-state index >= 15 is 0 Å². The largest absolute Gasteiger partial charge is 0.506 e. The lowest BCUT2D eigenvalue weighted by Gasteiger charge is -2.10. The zero-order valence-electron chi connectivity index (χ0n) is 10.4. The normalized spacial score (nSPS) is 10.2. The van der Waals surface area contributed by atoms with Gasteiger partial charge in [0.05, 0.1) is 7.11 Å². The highest BCUT2D eigenvalue weighted by Crippen LogP contribution is 2.30. The van der Waals surface area contributed by atoms with Crippen LogP contribution in [0.15, 0.2) is 36.4 Å². The minimum Gasteiger partial charge on any atom is -0.506 e. The topological polar surface area (TPSA) is 64.7 Å². The van der Waals surface area contributed by atoms with E-state index in [1.165, 1.54) is 25.3 Å². The Kier molecular flexibility index (Phi) is 3.75. The van der Waals surface area contributed by atoms with Crippen LogP contribution in [-0.2, 0) is 6.61 Å². The predicted octanol–water partition coefficient (Wildman–Crippen LogP) is 2.70. The number of nitrogens with two attached hydrogens (primary N) is 1. The molecule has 0 radical (unpaired) electrons. The van der Waals surface area contributed by atoms with Crippen molar-refractivity contribution in [3.05, 3.63) is 47.8 Å². The van der Waals surface area contributed by atoms with Gasteiger partial charge < -0.3 is 20.3 Å². The van der Waals surface area contributed by atoms with Crippen LogP contribution in [0.2, 0.25) is 0 Å². The Bertz CT molecular complexity index is 587. The molecule has 0 spiro atoms. The van der Waals surface area contributed by atoms with Gasteiger partial charge in [-0.1, -0.05) is 12.1 Å². The Hall–Kier alpha value is -2.43. The van der Waals surface area contributed by atoms with Gasteiger partial charge in [0.15, 0.2) is 11.6 Å². The Labute approximate surface area is 110 Å². The zero-order valence-corrected chi connectivity index (χ0v) is 10.4. The first kappa shape index (κ1) is 13.0. The maximum Gasteiger partial charge on any atom is 0.165 e. The van der Waals surface area contributed by atoms with Crippen LogP contribution in [0.1, 0.15) is 5.56 Å². The number of rotatable bonds is 4. The molecule has 0 aliphatic carbocycles. The van der Waals surface area contributed by atoms with Gasteiger partial charge in [-0.15, -0.1) is 0 Å². The molecule has 0 saturated heterocycles. The van der Waals surface area contributed by atoms with Crippen molar-refractivity contribution in [2.75, 3.05) is 12.8 Å². The first-order valence-corrected chi connectivity index (χ1v) is 5.64. The third-order valence-electron chi connectivity index (χ3n) is 2.65. The zero-order chi connectivity index (χ0) is 13.8. The molecule has 3 N–H and O–H groups in total. The van der Waals surface area contributed by atoms with E-state index in [0.717, 1.165) is 0 Å². The lowest BCUT2D eigenvalue weighted by atomic mass is 10.2. The number of halogens is 1. The maximum absolute atomic E-state index is 13.5. The Morgan fingerprint density at radius 3 is 2.68 bits per heavy atom. The van der Waals surface area contributed by atoms with Gasteiger partial charge in [-0.2, -0.15) is 0 Å². The smallest absolute Gasteiger partial charge is 0.165 e. The van der Waals surface area contributed by atoms with Gasteiger partial charge in [-0.25, -0.2) is 4.39 Å². The van der Waals surface area contributed by atoms with E-state index in [9.17, 15) is 9.50 Å².